The maximum Gasteiger partial charge on any atom is 0.0384 e. The van der Waals surface area contributed by atoms with Crippen LogP contribution in [0.4, 0.5) is 5.69 Å². The summed E-state index contributed by atoms with van der Waals surface area (Å²) in [6.45, 7) is 8.17. The van der Waals surface area contributed by atoms with Gasteiger partial charge in [-0.15, -0.1) is 0 Å². The molecule has 0 unspecified atom stereocenters. The summed E-state index contributed by atoms with van der Waals surface area (Å²) in [6, 6.07) is 8.45. The van der Waals surface area contributed by atoms with Crippen molar-refractivity contribution in [3.05, 3.63) is 42.1 Å². The SMILES string of the molecule is C=C(CC)Nc1cccc(CC)c1.[HH]. The minimum atomic E-state index is 0. The second-order valence-corrected chi connectivity index (χ2v) is 3.14. The van der Waals surface area contributed by atoms with Crippen LogP contribution in [0.1, 0.15) is 27.3 Å². The number of anilines is 1. The van der Waals surface area contributed by atoms with E-state index in [0.717, 1.165) is 24.2 Å². The predicted octanol–water partition coefficient (Wildman–Crippen LogP) is 3.83. The van der Waals surface area contributed by atoms with Gasteiger partial charge in [0.05, 0.1) is 0 Å². The molecule has 0 amide bonds. The first kappa shape index (κ1) is 9.85. The zero-order valence-corrected chi connectivity index (χ0v) is 8.43. The van der Waals surface area contributed by atoms with Gasteiger partial charge in [0.2, 0.25) is 0 Å². The van der Waals surface area contributed by atoms with Crippen molar-refractivity contribution in [2.24, 2.45) is 0 Å². The number of aryl methyl sites for hydroxylation is 1. The molecular weight excluding hydrogens is 158 g/mol. The molecule has 0 aromatic heterocycles. The molecule has 0 bridgehead atoms. The summed E-state index contributed by atoms with van der Waals surface area (Å²) in [5.41, 5.74) is 3.56. The van der Waals surface area contributed by atoms with Gasteiger partial charge in [0.15, 0.2) is 0 Å². The van der Waals surface area contributed by atoms with Crippen molar-refractivity contribution < 1.29 is 1.43 Å². The first-order chi connectivity index (χ1) is 6.26. The lowest BCUT2D eigenvalue weighted by Gasteiger charge is -2.08. The first-order valence-corrected chi connectivity index (χ1v) is 4.80. The normalized spacial score (nSPS) is 9.69. The Kier molecular flexibility index (Phi) is 3.56. The van der Waals surface area contributed by atoms with Crippen molar-refractivity contribution in [1.29, 1.82) is 0 Å². The fraction of sp³-hybridized carbons (Fsp3) is 0.333. The monoisotopic (exact) mass is 177 g/mol. The van der Waals surface area contributed by atoms with Crippen LogP contribution in [-0.4, -0.2) is 0 Å². The summed E-state index contributed by atoms with van der Waals surface area (Å²) < 4.78 is 0. The van der Waals surface area contributed by atoms with Gasteiger partial charge in [-0.05, 0) is 30.5 Å². The second kappa shape index (κ2) is 4.70. The van der Waals surface area contributed by atoms with Crippen LogP contribution in [0.5, 0.6) is 0 Å². The lowest BCUT2D eigenvalue weighted by molar-refractivity contribution is 1.11. The van der Waals surface area contributed by atoms with Crippen molar-refractivity contribution in [1.82, 2.24) is 0 Å². The molecular formula is C12H19N. The molecule has 1 heteroatoms. The highest BCUT2D eigenvalue weighted by Crippen LogP contribution is 2.13. The highest BCUT2D eigenvalue weighted by Gasteiger charge is 1.94. The zero-order valence-electron chi connectivity index (χ0n) is 8.43. The quantitative estimate of drug-likeness (QED) is 0.737. The van der Waals surface area contributed by atoms with Crippen LogP contribution < -0.4 is 5.32 Å². The van der Waals surface area contributed by atoms with Crippen molar-refractivity contribution >= 4 is 5.69 Å². The van der Waals surface area contributed by atoms with Crippen molar-refractivity contribution in [2.75, 3.05) is 5.32 Å². The molecule has 1 nitrogen and oxygen atoms in total. The minimum absolute atomic E-state index is 0. The van der Waals surface area contributed by atoms with E-state index in [1.807, 2.05) is 0 Å². The largest absolute Gasteiger partial charge is 0.359 e. The van der Waals surface area contributed by atoms with Crippen LogP contribution in [0, 0.1) is 0 Å². The molecule has 0 atom stereocenters. The fourth-order valence-corrected chi connectivity index (χ4v) is 1.16. The van der Waals surface area contributed by atoms with Gasteiger partial charge in [0.1, 0.15) is 0 Å². The third-order valence-electron chi connectivity index (χ3n) is 2.08. The highest BCUT2D eigenvalue weighted by molar-refractivity contribution is 5.49. The van der Waals surface area contributed by atoms with Gasteiger partial charge >= 0.3 is 0 Å². The van der Waals surface area contributed by atoms with E-state index in [4.69, 9.17) is 0 Å². The Morgan fingerprint density at radius 3 is 2.85 bits per heavy atom. The molecule has 0 fully saturated rings. The maximum atomic E-state index is 3.91. The second-order valence-electron chi connectivity index (χ2n) is 3.14. The van der Waals surface area contributed by atoms with Crippen LogP contribution in [0.15, 0.2) is 36.5 Å². The summed E-state index contributed by atoms with van der Waals surface area (Å²) in [5, 5.41) is 3.27. The Hall–Kier alpha value is -1.24. The van der Waals surface area contributed by atoms with E-state index in [0.29, 0.717) is 0 Å². The number of hydrogen-bond acceptors (Lipinski definition) is 1. The van der Waals surface area contributed by atoms with Crippen molar-refractivity contribution in [3.63, 3.8) is 0 Å². The summed E-state index contributed by atoms with van der Waals surface area (Å²) in [4.78, 5) is 0. The van der Waals surface area contributed by atoms with E-state index >= 15 is 0 Å². The Morgan fingerprint density at radius 1 is 1.46 bits per heavy atom. The molecule has 1 aromatic carbocycles. The van der Waals surface area contributed by atoms with Crippen LogP contribution in [0.2, 0.25) is 0 Å². The van der Waals surface area contributed by atoms with Gasteiger partial charge in [0, 0.05) is 12.8 Å². The molecule has 0 heterocycles. The van der Waals surface area contributed by atoms with E-state index in [1.165, 1.54) is 5.56 Å². The van der Waals surface area contributed by atoms with Crippen molar-refractivity contribution in [2.45, 2.75) is 26.7 Å². The molecule has 1 rings (SSSR count). The zero-order chi connectivity index (χ0) is 9.68. The summed E-state index contributed by atoms with van der Waals surface area (Å²) >= 11 is 0. The number of benzene rings is 1. The summed E-state index contributed by atoms with van der Waals surface area (Å²) in [6.07, 6.45) is 2.05. The molecule has 0 saturated heterocycles. The minimum Gasteiger partial charge on any atom is -0.359 e. The molecule has 13 heavy (non-hydrogen) atoms. The average Bonchev–Trinajstić information content (AvgIpc) is 2.18. The average molecular weight is 177 g/mol. The van der Waals surface area contributed by atoms with Crippen LogP contribution >= 0.6 is 0 Å². The Morgan fingerprint density at radius 2 is 2.23 bits per heavy atom. The molecule has 1 N–H and O–H groups in total. The molecule has 0 radical (unpaired) electrons. The fourth-order valence-electron chi connectivity index (χ4n) is 1.16. The Labute approximate surface area is 82.0 Å². The van der Waals surface area contributed by atoms with Crippen molar-refractivity contribution in [3.8, 4) is 0 Å². The lowest BCUT2D eigenvalue weighted by atomic mass is 10.1. The molecule has 0 spiro atoms. The molecule has 0 saturated carbocycles. The molecule has 1 aromatic rings. The number of rotatable bonds is 4. The van der Waals surface area contributed by atoms with Gasteiger partial charge < -0.3 is 5.32 Å². The van der Waals surface area contributed by atoms with Gasteiger partial charge in [-0.3, -0.25) is 0 Å². The van der Waals surface area contributed by atoms with E-state index < -0.39 is 0 Å². The van der Waals surface area contributed by atoms with E-state index in [1.54, 1.807) is 0 Å². The van der Waals surface area contributed by atoms with Crippen LogP contribution in [0.3, 0.4) is 0 Å². The molecule has 72 valence electrons. The van der Waals surface area contributed by atoms with E-state index in [2.05, 4.69) is 50.0 Å². The predicted molar refractivity (Wildman–Crippen MR) is 61.0 cm³/mol. The number of allylic oxidation sites excluding steroid dienone is 1. The Bertz CT molecular complexity index is 294. The molecule has 0 aliphatic carbocycles. The topological polar surface area (TPSA) is 12.0 Å². The van der Waals surface area contributed by atoms with Gasteiger partial charge in [0.25, 0.3) is 0 Å². The van der Waals surface area contributed by atoms with E-state index in [-0.39, 0.29) is 1.43 Å². The van der Waals surface area contributed by atoms with Crippen LogP contribution in [-0.2, 0) is 6.42 Å². The van der Waals surface area contributed by atoms with Gasteiger partial charge in [-0.1, -0.05) is 32.6 Å². The maximum absolute atomic E-state index is 3.91. The highest BCUT2D eigenvalue weighted by atomic mass is 14.9. The molecule has 0 aliphatic heterocycles. The third-order valence-corrected chi connectivity index (χ3v) is 2.08. The van der Waals surface area contributed by atoms with Gasteiger partial charge in [-0.25, -0.2) is 0 Å². The summed E-state index contributed by atoms with van der Waals surface area (Å²) in [7, 11) is 0. The standard InChI is InChI=1S/C12H17N.H2/c1-4-10(3)13-12-8-6-7-11(5-2)9-12;/h6-9,13H,3-5H2,1-2H3;1H. The first-order valence-electron chi connectivity index (χ1n) is 4.80. The molecule has 0 aliphatic rings. The summed E-state index contributed by atoms with van der Waals surface area (Å²) in [5.74, 6) is 0. The Balaban J connectivity index is 0.00000169. The smallest absolute Gasteiger partial charge is 0.0384 e. The van der Waals surface area contributed by atoms with Gasteiger partial charge in [-0.2, -0.15) is 0 Å². The lowest BCUT2D eigenvalue weighted by Crippen LogP contribution is -1.96. The van der Waals surface area contributed by atoms with E-state index in [9.17, 15) is 0 Å². The van der Waals surface area contributed by atoms with Crippen LogP contribution in [0.25, 0.3) is 0 Å². The number of hydrogen-bond donors (Lipinski definition) is 1. The number of nitrogens with one attached hydrogen (secondary N) is 1. The third kappa shape index (κ3) is 2.94.